The van der Waals surface area contributed by atoms with Crippen LogP contribution in [0.25, 0.3) is 10.9 Å². The molecule has 0 saturated carbocycles. The van der Waals surface area contributed by atoms with E-state index in [2.05, 4.69) is 15.0 Å². The third-order valence-corrected chi connectivity index (χ3v) is 8.30. The van der Waals surface area contributed by atoms with E-state index in [0.717, 1.165) is 16.5 Å². The van der Waals surface area contributed by atoms with Crippen LogP contribution in [0.5, 0.6) is 5.75 Å². The number of hydrogen-bond donors (Lipinski definition) is 2. The average molecular weight is 632 g/mol. The first-order valence-electron chi connectivity index (χ1n) is 14.9. The number of carbonyl (C=O) groups excluding carboxylic acids is 2. The van der Waals surface area contributed by atoms with Crippen molar-refractivity contribution in [2.24, 2.45) is 5.92 Å². The summed E-state index contributed by atoms with van der Waals surface area (Å²) in [5.74, 6) is -0.599. The van der Waals surface area contributed by atoms with Crippen LogP contribution in [0.15, 0.2) is 96.0 Å². The number of nitrogens with one attached hydrogen (secondary N) is 2. The maximum atomic E-state index is 13.7. The Morgan fingerprint density at radius 3 is 2.24 bits per heavy atom. The van der Waals surface area contributed by atoms with Gasteiger partial charge in [-0.1, -0.05) is 68.4 Å². The van der Waals surface area contributed by atoms with E-state index in [1.807, 2.05) is 62.4 Å². The Hall–Kier alpha value is -4.28. The minimum absolute atomic E-state index is 0.00600. The van der Waals surface area contributed by atoms with Gasteiger partial charge < -0.3 is 14.8 Å². The average Bonchev–Trinajstić information content (AvgIpc) is 2.99. The highest BCUT2D eigenvalue weighted by atomic mass is 32.2. The zero-order valence-electron chi connectivity index (χ0n) is 26.3. The maximum absolute atomic E-state index is 13.7. The van der Waals surface area contributed by atoms with Crippen molar-refractivity contribution in [3.05, 3.63) is 102 Å². The molecule has 1 amide bonds. The van der Waals surface area contributed by atoms with Crippen LogP contribution in [0.1, 0.15) is 52.2 Å². The predicted molar refractivity (Wildman–Crippen MR) is 174 cm³/mol. The van der Waals surface area contributed by atoms with Gasteiger partial charge in [0.15, 0.2) is 0 Å². The van der Waals surface area contributed by atoms with Gasteiger partial charge in [0, 0.05) is 18.0 Å². The number of ether oxygens (including phenoxy) is 2. The first-order chi connectivity index (χ1) is 21.3. The topological polar surface area (TPSA) is 124 Å². The molecular formula is C35H41N3O6S. The predicted octanol–water partition coefficient (Wildman–Crippen LogP) is 5.58. The fraction of sp³-hybridized carbons (Fsp3) is 0.343. The van der Waals surface area contributed by atoms with Crippen molar-refractivity contribution in [1.29, 1.82) is 0 Å². The standard InChI is InChI=1S/C35H41N3O6S/c1-24(2)20-31(38-45(41,42)29-18-15-27-12-9-19-36-30(27)22-29)33(39)37-32(34(40)44-35(3,4)5)21-25-13-16-28(17-14-25)43-23-26-10-7-6-8-11-26/h6-19,22,24,31-32,38H,20-21,23H2,1-5H3,(H,37,39). The number of esters is 1. The number of benzene rings is 3. The minimum Gasteiger partial charge on any atom is -0.489 e. The highest BCUT2D eigenvalue weighted by molar-refractivity contribution is 7.89. The molecule has 1 heterocycles. The van der Waals surface area contributed by atoms with E-state index in [-0.39, 0.29) is 23.7 Å². The van der Waals surface area contributed by atoms with Gasteiger partial charge in [0.1, 0.15) is 30.0 Å². The maximum Gasteiger partial charge on any atom is 0.329 e. The summed E-state index contributed by atoms with van der Waals surface area (Å²) in [7, 11) is -4.10. The Bertz CT molecular complexity index is 1700. The molecular weight excluding hydrogens is 590 g/mol. The SMILES string of the molecule is CC(C)CC(NS(=O)(=O)c1ccc2cccnc2c1)C(=O)NC(Cc1ccc(OCc2ccccc2)cc1)C(=O)OC(C)(C)C. The third kappa shape index (κ3) is 10.1. The summed E-state index contributed by atoms with van der Waals surface area (Å²) in [4.78, 5) is 31.2. The van der Waals surface area contributed by atoms with Crippen molar-refractivity contribution in [2.45, 2.75) is 76.6 Å². The van der Waals surface area contributed by atoms with E-state index in [1.165, 1.54) is 12.1 Å². The molecule has 238 valence electrons. The van der Waals surface area contributed by atoms with E-state index in [9.17, 15) is 18.0 Å². The van der Waals surface area contributed by atoms with Crippen LogP contribution in [0.3, 0.4) is 0 Å². The van der Waals surface area contributed by atoms with Crippen molar-refractivity contribution in [3.63, 3.8) is 0 Å². The number of rotatable bonds is 13. The van der Waals surface area contributed by atoms with Crippen LogP contribution >= 0.6 is 0 Å². The van der Waals surface area contributed by atoms with Gasteiger partial charge in [-0.15, -0.1) is 0 Å². The molecule has 3 aromatic carbocycles. The van der Waals surface area contributed by atoms with Gasteiger partial charge in [0.25, 0.3) is 0 Å². The molecule has 10 heteroatoms. The molecule has 0 aliphatic carbocycles. The van der Waals surface area contributed by atoms with E-state index in [0.29, 0.717) is 17.9 Å². The van der Waals surface area contributed by atoms with Crippen LogP contribution in [0, 0.1) is 5.92 Å². The Labute approximate surface area is 265 Å². The third-order valence-electron chi connectivity index (χ3n) is 6.83. The van der Waals surface area contributed by atoms with Crippen LogP contribution in [-0.4, -0.2) is 43.0 Å². The number of amides is 1. The smallest absolute Gasteiger partial charge is 0.329 e. The molecule has 1 aromatic heterocycles. The summed E-state index contributed by atoms with van der Waals surface area (Å²) >= 11 is 0. The van der Waals surface area contributed by atoms with E-state index in [4.69, 9.17) is 9.47 Å². The van der Waals surface area contributed by atoms with Gasteiger partial charge in [0.2, 0.25) is 15.9 Å². The summed E-state index contributed by atoms with van der Waals surface area (Å²) in [6.45, 7) is 9.44. The van der Waals surface area contributed by atoms with E-state index < -0.39 is 39.6 Å². The number of nitrogens with zero attached hydrogens (tertiary/aromatic N) is 1. The second kappa shape index (κ2) is 14.7. The molecule has 9 nitrogen and oxygen atoms in total. The van der Waals surface area contributed by atoms with Gasteiger partial charge in [-0.2, -0.15) is 4.72 Å². The molecule has 0 aliphatic heterocycles. The van der Waals surface area contributed by atoms with Gasteiger partial charge >= 0.3 is 5.97 Å². The molecule has 45 heavy (non-hydrogen) atoms. The number of carbonyl (C=O) groups is 2. The minimum atomic E-state index is -4.10. The fourth-order valence-corrected chi connectivity index (χ4v) is 5.91. The number of sulfonamides is 1. The molecule has 4 rings (SSSR count). The van der Waals surface area contributed by atoms with Crippen LogP contribution in [0.4, 0.5) is 0 Å². The van der Waals surface area contributed by atoms with Crippen molar-refractivity contribution < 1.29 is 27.5 Å². The molecule has 0 radical (unpaired) electrons. The van der Waals surface area contributed by atoms with E-state index >= 15 is 0 Å². The zero-order chi connectivity index (χ0) is 32.6. The lowest BCUT2D eigenvalue weighted by Gasteiger charge is -2.27. The fourth-order valence-electron chi connectivity index (χ4n) is 4.69. The molecule has 0 spiro atoms. The number of hydrogen-bond acceptors (Lipinski definition) is 7. The second-order valence-electron chi connectivity index (χ2n) is 12.4. The molecule has 4 aromatic rings. The van der Waals surface area contributed by atoms with Gasteiger partial charge in [-0.25, -0.2) is 13.2 Å². The Balaban J connectivity index is 1.51. The Morgan fingerprint density at radius 1 is 0.867 bits per heavy atom. The molecule has 0 fully saturated rings. The molecule has 0 bridgehead atoms. The van der Waals surface area contributed by atoms with Crippen molar-refractivity contribution in [3.8, 4) is 5.75 Å². The summed E-state index contributed by atoms with van der Waals surface area (Å²) in [6, 6.07) is 23.1. The lowest BCUT2D eigenvalue weighted by atomic mass is 10.0. The van der Waals surface area contributed by atoms with E-state index in [1.54, 1.807) is 51.2 Å². The van der Waals surface area contributed by atoms with Gasteiger partial charge in [-0.05, 0) is 74.6 Å². The number of fused-ring (bicyclic) bond motifs is 1. The lowest BCUT2D eigenvalue weighted by molar-refractivity contribution is -0.158. The Kier molecular flexibility index (Phi) is 11.0. The molecule has 2 atom stereocenters. The monoisotopic (exact) mass is 631 g/mol. The first kappa shape index (κ1) is 33.6. The highest BCUT2D eigenvalue weighted by Crippen LogP contribution is 2.20. The van der Waals surface area contributed by atoms with Gasteiger partial charge in [0.05, 0.1) is 10.4 Å². The second-order valence-corrected chi connectivity index (χ2v) is 14.1. The van der Waals surface area contributed by atoms with Gasteiger partial charge in [-0.3, -0.25) is 9.78 Å². The summed E-state index contributed by atoms with van der Waals surface area (Å²) < 4.78 is 40.9. The quantitative estimate of drug-likeness (QED) is 0.185. The summed E-state index contributed by atoms with van der Waals surface area (Å²) in [5, 5.41) is 3.57. The number of aromatic nitrogens is 1. The molecule has 2 unspecified atom stereocenters. The van der Waals surface area contributed by atoms with Crippen LogP contribution < -0.4 is 14.8 Å². The zero-order valence-corrected chi connectivity index (χ0v) is 27.1. The molecule has 2 N–H and O–H groups in total. The van der Waals surface area contributed by atoms with Crippen molar-refractivity contribution in [1.82, 2.24) is 15.0 Å². The Morgan fingerprint density at radius 2 is 1.58 bits per heavy atom. The largest absolute Gasteiger partial charge is 0.489 e. The van der Waals surface area contributed by atoms with Crippen molar-refractivity contribution in [2.75, 3.05) is 0 Å². The van der Waals surface area contributed by atoms with Crippen LogP contribution in [-0.2, 0) is 37.4 Å². The first-order valence-corrected chi connectivity index (χ1v) is 16.4. The normalized spacial score (nSPS) is 13.3. The van der Waals surface area contributed by atoms with Crippen LogP contribution in [0.2, 0.25) is 0 Å². The summed E-state index contributed by atoms with van der Waals surface area (Å²) in [6.07, 6.45) is 1.94. The molecule has 0 saturated heterocycles. The lowest BCUT2D eigenvalue weighted by Crippen LogP contribution is -2.53. The highest BCUT2D eigenvalue weighted by Gasteiger charge is 2.32. The molecule has 0 aliphatic rings. The van der Waals surface area contributed by atoms with Crippen molar-refractivity contribution >= 4 is 32.8 Å². The number of pyridine rings is 1. The summed E-state index contributed by atoms with van der Waals surface area (Å²) in [5.41, 5.74) is 1.53.